The lowest BCUT2D eigenvalue weighted by atomic mass is 10.1. The Labute approximate surface area is 242 Å². The SMILES string of the molecule is Cc1cc(CN(CC(Oc2ccc(F)c(C(N)=O)c2F)c2nc(-c3ccc(C(F)(F)F)cc3)c(Br)o2)C(=O)[O-])n(C)n1. The Morgan fingerprint density at radius 3 is 2.40 bits per heavy atom. The first-order valence-corrected chi connectivity index (χ1v) is 12.7. The van der Waals surface area contributed by atoms with Crippen LogP contribution in [-0.4, -0.2) is 38.2 Å². The van der Waals surface area contributed by atoms with Crippen molar-refractivity contribution in [2.45, 2.75) is 25.7 Å². The van der Waals surface area contributed by atoms with Crippen LogP contribution in [0, 0.1) is 18.6 Å². The van der Waals surface area contributed by atoms with Gasteiger partial charge in [-0.05, 0) is 53.2 Å². The first-order valence-electron chi connectivity index (χ1n) is 11.9. The lowest BCUT2D eigenvalue weighted by Crippen LogP contribution is -2.44. The Kier molecular flexibility index (Phi) is 8.56. The Bertz CT molecular complexity index is 1640. The molecule has 0 saturated heterocycles. The van der Waals surface area contributed by atoms with Gasteiger partial charge < -0.3 is 29.7 Å². The molecule has 0 aliphatic rings. The van der Waals surface area contributed by atoms with Crippen molar-refractivity contribution in [3.8, 4) is 17.0 Å². The van der Waals surface area contributed by atoms with Gasteiger partial charge in [0.25, 0.3) is 5.91 Å². The summed E-state index contributed by atoms with van der Waals surface area (Å²) in [4.78, 5) is 28.8. The maximum absolute atomic E-state index is 15.1. The molecule has 1 unspecified atom stereocenters. The monoisotopic (exact) mass is 656 g/mol. The Balaban J connectivity index is 1.75. The second-order valence-electron chi connectivity index (χ2n) is 9.00. The molecule has 2 N–H and O–H groups in total. The summed E-state index contributed by atoms with van der Waals surface area (Å²) < 4.78 is 80.9. The van der Waals surface area contributed by atoms with Gasteiger partial charge in [-0.15, -0.1) is 0 Å². The number of halogens is 6. The average molecular weight is 657 g/mol. The van der Waals surface area contributed by atoms with E-state index in [-0.39, 0.29) is 28.4 Å². The van der Waals surface area contributed by atoms with Gasteiger partial charge in [-0.2, -0.15) is 18.3 Å². The Morgan fingerprint density at radius 2 is 1.86 bits per heavy atom. The van der Waals surface area contributed by atoms with E-state index in [1.807, 2.05) is 0 Å². The molecule has 2 aromatic heterocycles. The van der Waals surface area contributed by atoms with E-state index in [0.717, 1.165) is 41.3 Å². The second kappa shape index (κ2) is 11.8. The molecule has 2 aromatic carbocycles. The first kappa shape index (κ1) is 30.5. The molecule has 0 radical (unpaired) electrons. The van der Waals surface area contributed by atoms with Crippen LogP contribution >= 0.6 is 15.9 Å². The molecule has 0 spiro atoms. The molecular weight excluding hydrogens is 637 g/mol. The van der Waals surface area contributed by atoms with E-state index in [4.69, 9.17) is 14.9 Å². The van der Waals surface area contributed by atoms with Gasteiger partial charge in [0.1, 0.15) is 23.2 Å². The fraction of sp³-hybridized carbons (Fsp3) is 0.231. The fourth-order valence-electron chi connectivity index (χ4n) is 4.03. The van der Waals surface area contributed by atoms with Gasteiger partial charge in [0.05, 0.1) is 30.0 Å². The van der Waals surface area contributed by atoms with Gasteiger partial charge >= 0.3 is 6.18 Å². The largest absolute Gasteiger partial charge is 0.530 e. The maximum Gasteiger partial charge on any atom is 0.416 e. The second-order valence-corrected chi connectivity index (χ2v) is 9.72. The predicted octanol–water partition coefficient (Wildman–Crippen LogP) is 4.51. The number of alkyl halides is 3. The van der Waals surface area contributed by atoms with Crippen molar-refractivity contribution < 1.29 is 45.8 Å². The van der Waals surface area contributed by atoms with Crippen molar-refractivity contribution in [2.75, 3.05) is 6.54 Å². The minimum Gasteiger partial charge on any atom is -0.530 e. The summed E-state index contributed by atoms with van der Waals surface area (Å²) in [5.74, 6) is -5.15. The highest BCUT2D eigenvalue weighted by Gasteiger charge is 2.31. The van der Waals surface area contributed by atoms with E-state index < -0.39 is 59.3 Å². The van der Waals surface area contributed by atoms with Crippen molar-refractivity contribution in [3.63, 3.8) is 0 Å². The smallest absolute Gasteiger partial charge is 0.416 e. The number of aryl methyl sites for hydroxylation is 2. The number of hydrogen-bond donors (Lipinski definition) is 1. The van der Waals surface area contributed by atoms with Crippen LogP contribution in [0.15, 0.2) is 51.6 Å². The number of benzene rings is 2. The summed E-state index contributed by atoms with van der Waals surface area (Å²) in [5.41, 5.74) is 4.36. The molecule has 4 aromatic rings. The zero-order valence-corrected chi connectivity index (χ0v) is 23.3. The highest BCUT2D eigenvalue weighted by molar-refractivity contribution is 9.10. The number of carbonyl (C=O) groups excluding carboxylic acids is 2. The highest BCUT2D eigenvalue weighted by atomic mass is 79.9. The molecule has 2 heterocycles. The standard InChI is InChI=1S/C26H21BrF5N5O5/c1-12-9-15(36(2)35-12)10-37(25(39)40)11-18(41-17-8-7-16(28)19(20(17)29)23(33)38)24-34-21(22(27)42-24)13-3-5-14(6-4-13)26(30,31)32/h3-9,18H,10-11H2,1-2H3,(H2,33,38)(H,39,40)/p-1. The molecular formula is C26H20BrF5N5O5-. The third-order valence-electron chi connectivity index (χ3n) is 6.03. The van der Waals surface area contributed by atoms with Gasteiger partial charge in [0, 0.05) is 12.6 Å². The minimum absolute atomic E-state index is 0.0204. The number of nitrogens with two attached hydrogens (primary N) is 1. The van der Waals surface area contributed by atoms with Crippen molar-refractivity contribution in [3.05, 3.63) is 87.2 Å². The normalized spacial score (nSPS) is 12.3. The van der Waals surface area contributed by atoms with Crippen LogP contribution in [0.1, 0.15) is 39.3 Å². The molecule has 16 heteroatoms. The number of oxazole rings is 1. The van der Waals surface area contributed by atoms with E-state index in [0.29, 0.717) is 11.4 Å². The van der Waals surface area contributed by atoms with E-state index >= 15 is 4.39 Å². The summed E-state index contributed by atoms with van der Waals surface area (Å²) in [5, 5.41) is 16.2. The molecule has 4 rings (SSSR count). The quantitative estimate of drug-likeness (QED) is 0.262. The highest BCUT2D eigenvalue weighted by Crippen LogP contribution is 2.36. The molecule has 2 amide bonds. The predicted molar refractivity (Wildman–Crippen MR) is 137 cm³/mol. The Hall–Kier alpha value is -4.47. The number of ether oxygens (including phenoxy) is 1. The van der Waals surface area contributed by atoms with Crippen LogP contribution in [0.3, 0.4) is 0 Å². The number of rotatable bonds is 9. The molecule has 0 saturated carbocycles. The van der Waals surface area contributed by atoms with Gasteiger partial charge in [-0.3, -0.25) is 9.48 Å². The topological polar surface area (TPSA) is 140 Å². The number of hydrogen-bond acceptors (Lipinski definition) is 7. The molecule has 0 bridgehead atoms. The van der Waals surface area contributed by atoms with E-state index in [2.05, 4.69) is 26.0 Å². The molecule has 42 heavy (non-hydrogen) atoms. The number of aromatic nitrogens is 3. The van der Waals surface area contributed by atoms with Crippen LogP contribution in [0.4, 0.5) is 26.7 Å². The van der Waals surface area contributed by atoms with E-state index in [1.54, 1.807) is 20.0 Å². The van der Waals surface area contributed by atoms with Crippen molar-refractivity contribution >= 4 is 27.9 Å². The summed E-state index contributed by atoms with van der Waals surface area (Å²) >= 11 is 3.14. The van der Waals surface area contributed by atoms with Gasteiger partial charge in [-0.25, -0.2) is 13.8 Å². The zero-order valence-electron chi connectivity index (χ0n) is 21.7. The summed E-state index contributed by atoms with van der Waals surface area (Å²) in [6.07, 6.45) is -7.78. The zero-order chi connectivity index (χ0) is 30.9. The number of nitrogens with zero attached hydrogens (tertiary/aromatic N) is 4. The molecule has 222 valence electrons. The van der Waals surface area contributed by atoms with Crippen molar-refractivity contribution in [2.24, 2.45) is 12.8 Å². The number of carbonyl (C=O) groups is 2. The van der Waals surface area contributed by atoms with Crippen LogP contribution in [0.25, 0.3) is 11.3 Å². The lowest BCUT2D eigenvalue weighted by molar-refractivity contribution is -0.267. The van der Waals surface area contributed by atoms with E-state index in [9.17, 15) is 32.3 Å². The van der Waals surface area contributed by atoms with Crippen molar-refractivity contribution in [1.29, 1.82) is 0 Å². The fourth-order valence-corrected chi connectivity index (χ4v) is 4.51. The van der Waals surface area contributed by atoms with Crippen LogP contribution in [0.5, 0.6) is 5.75 Å². The van der Waals surface area contributed by atoms with Crippen LogP contribution in [0.2, 0.25) is 0 Å². The number of amides is 2. The minimum atomic E-state index is -4.58. The molecule has 1 atom stereocenters. The average Bonchev–Trinajstić information content (AvgIpc) is 3.44. The molecule has 0 fully saturated rings. The summed E-state index contributed by atoms with van der Waals surface area (Å²) in [7, 11) is 1.59. The molecule has 10 nitrogen and oxygen atoms in total. The maximum atomic E-state index is 15.1. The molecule has 0 aliphatic heterocycles. The van der Waals surface area contributed by atoms with Gasteiger partial charge in [-0.1, -0.05) is 12.1 Å². The van der Waals surface area contributed by atoms with Crippen LogP contribution < -0.4 is 15.6 Å². The Morgan fingerprint density at radius 1 is 1.19 bits per heavy atom. The van der Waals surface area contributed by atoms with Gasteiger partial charge in [0.2, 0.25) is 5.89 Å². The third-order valence-corrected chi connectivity index (χ3v) is 6.57. The number of carboxylic acid groups (broad SMARTS) is 1. The number of primary amides is 1. The van der Waals surface area contributed by atoms with Crippen LogP contribution in [-0.2, 0) is 19.8 Å². The molecule has 0 aliphatic carbocycles. The summed E-state index contributed by atoms with van der Waals surface area (Å²) in [6, 6.07) is 7.14. The first-order chi connectivity index (χ1) is 19.6. The summed E-state index contributed by atoms with van der Waals surface area (Å²) in [6.45, 7) is 0.847. The third kappa shape index (κ3) is 6.53. The van der Waals surface area contributed by atoms with E-state index in [1.165, 1.54) is 4.68 Å². The lowest BCUT2D eigenvalue weighted by Gasteiger charge is -2.28. The van der Waals surface area contributed by atoms with Gasteiger partial charge in [0.15, 0.2) is 22.3 Å². The van der Waals surface area contributed by atoms with Crippen molar-refractivity contribution in [1.82, 2.24) is 19.7 Å².